The number of rotatable bonds is 1. The molecule has 4 heteroatoms. The number of alkyl halides is 1. The molecule has 0 amide bonds. The predicted molar refractivity (Wildman–Crippen MR) is 68.8 cm³/mol. The second-order valence-corrected chi connectivity index (χ2v) is 4.50. The van der Waals surface area contributed by atoms with Crippen LogP contribution in [0.1, 0.15) is 11.4 Å². The molecule has 1 aromatic carbocycles. The number of halogens is 1. The van der Waals surface area contributed by atoms with Gasteiger partial charge < -0.3 is 4.90 Å². The first-order valence-corrected chi connectivity index (χ1v) is 6.03. The number of para-hydroxylation sites is 1. The Hall–Kier alpha value is -1.97. The van der Waals surface area contributed by atoms with Crippen LogP contribution in [0.15, 0.2) is 36.5 Å². The highest BCUT2D eigenvalue weighted by atomic mass is 19.1. The maximum atomic E-state index is 13.8. The van der Waals surface area contributed by atoms with E-state index in [4.69, 9.17) is 0 Å². The maximum Gasteiger partial charge on any atom is 0.136 e. The number of aryl methyl sites for hydroxylation is 1. The zero-order valence-corrected chi connectivity index (χ0v) is 10.2. The van der Waals surface area contributed by atoms with Crippen LogP contribution in [0.25, 0.3) is 0 Å². The number of fused-ring (bicyclic) bond motifs is 1. The molecular weight excluding hydrogens is 229 g/mol. The van der Waals surface area contributed by atoms with Gasteiger partial charge in [-0.2, -0.15) is 0 Å². The Balaban J connectivity index is 2.07. The molecule has 3 rings (SSSR count). The van der Waals surface area contributed by atoms with Gasteiger partial charge in [0.25, 0.3) is 0 Å². The van der Waals surface area contributed by atoms with Gasteiger partial charge in [-0.1, -0.05) is 18.2 Å². The number of aromatic nitrogens is 2. The van der Waals surface area contributed by atoms with Gasteiger partial charge in [0.15, 0.2) is 0 Å². The van der Waals surface area contributed by atoms with E-state index in [2.05, 4.69) is 9.97 Å². The van der Waals surface area contributed by atoms with E-state index < -0.39 is 6.17 Å². The minimum Gasteiger partial charge on any atom is -0.323 e. The molecule has 92 valence electrons. The van der Waals surface area contributed by atoms with Crippen molar-refractivity contribution in [3.63, 3.8) is 0 Å². The fraction of sp³-hybridized carbons (Fsp3) is 0.286. The zero-order chi connectivity index (χ0) is 12.5. The molecule has 0 radical (unpaired) electrons. The summed E-state index contributed by atoms with van der Waals surface area (Å²) in [4.78, 5) is 10.4. The summed E-state index contributed by atoms with van der Waals surface area (Å²) in [5.41, 5.74) is 2.08. The summed E-state index contributed by atoms with van der Waals surface area (Å²) < 4.78 is 13.8. The largest absolute Gasteiger partial charge is 0.323 e. The van der Waals surface area contributed by atoms with Gasteiger partial charge in [0, 0.05) is 18.3 Å². The molecule has 1 aromatic heterocycles. The van der Waals surface area contributed by atoms with E-state index in [9.17, 15) is 4.39 Å². The molecule has 1 aliphatic heterocycles. The molecule has 1 atom stereocenters. The Morgan fingerprint density at radius 1 is 1.28 bits per heavy atom. The molecular formula is C14H14FN3. The van der Waals surface area contributed by atoms with Gasteiger partial charge in [0.1, 0.15) is 17.8 Å². The fourth-order valence-corrected chi connectivity index (χ4v) is 2.36. The quantitative estimate of drug-likeness (QED) is 0.771. The Morgan fingerprint density at radius 2 is 2.11 bits per heavy atom. The molecule has 1 aliphatic rings. The lowest BCUT2D eigenvalue weighted by molar-refractivity contribution is 0.330. The van der Waals surface area contributed by atoms with Crippen molar-refractivity contribution in [1.29, 1.82) is 0 Å². The summed E-state index contributed by atoms with van der Waals surface area (Å²) in [5.74, 6) is 1.46. The summed E-state index contributed by atoms with van der Waals surface area (Å²) >= 11 is 0. The second kappa shape index (κ2) is 4.37. The van der Waals surface area contributed by atoms with Gasteiger partial charge in [-0.05, 0) is 24.6 Å². The van der Waals surface area contributed by atoms with Crippen molar-refractivity contribution in [2.75, 3.05) is 11.4 Å². The van der Waals surface area contributed by atoms with Gasteiger partial charge in [-0.25, -0.2) is 14.4 Å². The maximum absolute atomic E-state index is 13.8. The van der Waals surface area contributed by atoms with E-state index in [1.165, 1.54) is 0 Å². The highest BCUT2D eigenvalue weighted by molar-refractivity contribution is 5.65. The first-order chi connectivity index (χ1) is 8.74. The van der Waals surface area contributed by atoms with Crippen LogP contribution in [0.5, 0.6) is 0 Å². The van der Waals surface area contributed by atoms with Gasteiger partial charge in [-0.3, -0.25) is 0 Å². The van der Waals surface area contributed by atoms with E-state index in [1.54, 1.807) is 6.20 Å². The van der Waals surface area contributed by atoms with Crippen LogP contribution in [0.4, 0.5) is 15.9 Å². The Morgan fingerprint density at radius 3 is 2.94 bits per heavy atom. The molecule has 3 nitrogen and oxygen atoms in total. The van der Waals surface area contributed by atoms with Gasteiger partial charge >= 0.3 is 0 Å². The molecule has 18 heavy (non-hydrogen) atoms. The minimum absolute atomic E-state index is 0.355. The first kappa shape index (κ1) is 11.1. The average Bonchev–Trinajstić information content (AvgIpc) is 2.37. The topological polar surface area (TPSA) is 29.0 Å². The summed E-state index contributed by atoms with van der Waals surface area (Å²) in [6.07, 6.45) is 1.34. The van der Waals surface area contributed by atoms with Crippen molar-refractivity contribution in [3.05, 3.63) is 47.9 Å². The fourth-order valence-electron chi connectivity index (χ4n) is 2.36. The van der Waals surface area contributed by atoms with Crippen LogP contribution in [0.3, 0.4) is 0 Å². The van der Waals surface area contributed by atoms with E-state index >= 15 is 0 Å². The van der Waals surface area contributed by atoms with Crippen molar-refractivity contribution < 1.29 is 4.39 Å². The molecule has 1 unspecified atom stereocenters. The zero-order valence-electron chi connectivity index (χ0n) is 10.2. The van der Waals surface area contributed by atoms with Crippen molar-refractivity contribution >= 4 is 11.5 Å². The van der Waals surface area contributed by atoms with E-state index in [0.29, 0.717) is 18.8 Å². The Kier molecular flexibility index (Phi) is 2.70. The number of nitrogens with zero attached hydrogens (tertiary/aromatic N) is 3. The lowest BCUT2D eigenvalue weighted by Crippen LogP contribution is -2.33. The molecule has 0 bridgehead atoms. The van der Waals surface area contributed by atoms with Crippen LogP contribution in [0.2, 0.25) is 0 Å². The lowest BCUT2D eigenvalue weighted by atomic mass is 10.0. The van der Waals surface area contributed by atoms with Gasteiger partial charge in [0.05, 0.1) is 6.54 Å². The third-order valence-corrected chi connectivity index (χ3v) is 3.14. The SMILES string of the molecule is Cc1nccc(N2CC(F)Cc3ccccc32)n1. The van der Waals surface area contributed by atoms with E-state index in [-0.39, 0.29) is 0 Å². The molecule has 2 heterocycles. The van der Waals surface area contributed by atoms with Gasteiger partial charge in [-0.15, -0.1) is 0 Å². The monoisotopic (exact) mass is 243 g/mol. The third-order valence-electron chi connectivity index (χ3n) is 3.14. The summed E-state index contributed by atoms with van der Waals surface area (Å²) in [5, 5.41) is 0. The smallest absolute Gasteiger partial charge is 0.136 e. The summed E-state index contributed by atoms with van der Waals surface area (Å²) in [6, 6.07) is 9.72. The van der Waals surface area contributed by atoms with Crippen LogP contribution in [0, 0.1) is 6.92 Å². The van der Waals surface area contributed by atoms with Crippen molar-refractivity contribution in [2.45, 2.75) is 19.5 Å². The Bertz CT molecular complexity index is 570. The highest BCUT2D eigenvalue weighted by Crippen LogP contribution is 2.32. The molecule has 0 saturated carbocycles. The molecule has 0 aliphatic carbocycles. The summed E-state index contributed by atoms with van der Waals surface area (Å²) in [7, 11) is 0. The lowest BCUT2D eigenvalue weighted by Gasteiger charge is -2.32. The number of hydrogen-bond donors (Lipinski definition) is 0. The molecule has 0 spiro atoms. The molecule has 0 saturated heterocycles. The average molecular weight is 243 g/mol. The van der Waals surface area contributed by atoms with Crippen LogP contribution in [-0.2, 0) is 6.42 Å². The van der Waals surface area contributed by atoms with E-state index in [1.807, 2.05) is 42.2 Å². The highest BCUT2D eigenvalue weighted by Gasteiger charge is 2.25. The van der Waals surface area contributed by atoms with Crippen molar-refractivity contribution in [2.24, 2.45) is 0 Å². The van der Waals surface area contributed by atoms with Crippen LogP contribution in [-0.4, -0.2) is 22.7 Å². The van der Waals surface area contributed by atoms with Crippen molar-refractivity contribution in [1.82, 2.24) is 9.97 Å². The van der Waals surface area contributed by atoms with Crippen LogP contribution >= 0.6 is 0 Å². The van der Waals surface area contributed by atoms with Gasteiger partial charge in [0.2, 0.25) is 0 Å². The standard InChI is InChI=1S/C14H14FN3/c1-10-16-7-6-14(17-10)18-9-12(15)8-11-4-2-3-5-13(11)18/h2-7,12H,8-9H2,1H3. The third kappa shape index (κ3) is 1.94. The first-order valence-electron chi connectivity index (χ1n) is 6.03. The number of benzene rings is 1. The second-order valence-electron chi connectivity index (χ2n) is 4.50. The molecule has 0 N–H and O–H groups in total. The normalized spacial score (nSPS) is 18.6. The van der Waals surface area contributed by atoms with E-state index in [0.717, 1.165) is 17.1 Å². The molecule has 2 aromatic rings. The number of anilines is 2. The van der Waals surface area contributed by atoms with Crippen LogP contribution < -0.4 is 4.90 Å². The number of hydrogen-bond acceptors (Lipinski definition) is 3. The minimum atomic E-state index is -0.852. The van der Waals surface area contributed by atoms with Crippen molar-refractivity contribution in [3.8, 4) is 0 Å². The molecule has 0 fully saturated rings. The summed E-state index contributed by atoms with van der Waals surface area (Å²) in [6.45, 7) is 2.19. The predicted octanol–water partition coefficient (Wildman–Crippen LogP) is 2.82. The Labute approximate surface area is 105 Å².